The van der Waals surface area contributed by atoms with Crippen LogP contribution in [0.3, 0.4) is 0 Å². The highest BCUT2D eigenvalue weighted by Gasteiger charge is 2.65. The number of carbonyl (C=O) groups excluding carboxylic acids is 3. The molecule has 1 heterocycles. The van der Waals surface area contributed by atoms with Gasteiger partial charge in [0.25, 0.3) is 0 Å². The molecule has 6 nitrogen and oxygen atoms in total. The highest BCUT2D eigenvalue weighted by Crippen LogP contribution is 2.72. The van der Waals surface area contributed by atoms with Crippen LogP contribution in [-0.2, 0) is 28.6 Å². The molecule has 45 heavy (non-hydrogen) atoms. The maximum absolute atomic E-state index is 13.1. The number of carbonyl (C=O) groups is 3. The van der Waals surface area contributed by atoms with E-state index in [2.05, 4.69) is 47.6 Å². The molecule has 1 aliphatic heterocycles. The smallest absolute Gasteiger partial charge is 0.303 e. The van der Waals surface area contributed by atoms with Crippen molar-refractivity contribution in [2.45, 2.75) is 151 Å². The van der Waals surface area contributed by atoms with Gasteiger partial charge in [-0.3, -0.25) is 14.4 Å². The summed E-state index contributed by atoms with van der Waals surface area (Å²) >= 11 is 0. The first-order chi connectivity index (χ1) is 20.9. The second kappa shape index (κ2) is 11.2. The Morgan fingerprint density at radius 2 is 1.58 bits per heavy atom. The summed E-state index contributed by atoms with van der Waals surface area (Å²) < 4.78 is 18.1. The molecule has 6 heteroatoms. The van der Waals surface area contributed by atoms with Gasteiger partial charge in [-0.2, -0.15) is 0 Å². The Hall–Kier alpha value is -1.69. The number of hydrogen-bond donors (Lipinski definition) is 0. The Labute approximate surface area is 272 Å². The Kier molecular flexibility index (Phi) is 8.26. The van der Waals surface area contributed by atoms with Gasteiger partial charge in [0.15, 0.2) is 0 Å². The van der Waals surface area contributed by atoms with E-state index < -0.39 is 12.2 Å². The van der Waals surface area contributed by atoms with Gasteiger partial charge in [0, 0.05) is 31.6 Å². The monoisotopic (exact) mass is 624 g/mol. The van der Waals surface area contributed by atoms with Crippen molar-refractivity contribution in [1.82, 2.24) is 0 Å². The standard InChI is InChI=1S/C39H60O6/c1-23-30(44-24(2)40)22-43-29(34(23)45-25(3)41)21-39-17-12-27-26(28(39)20-35(4,5)18-19-39)10-11-32-37(27,8)15-13-31-36(6,7)33(42)14-16-38(31,32)9/h10,23,27-32,34H,11-22H2,1-9H3/t23?,27?,28?,29-,30+,31?,32?,34?,37-,38-,39-/m0/s1. The number of rotatable bonds is 4. The summed E-state index contributed by atoms with van der Waals surface area (Å²) in [5, 5.41) is 0. The molecule has 6 unspecified atom stereocenters. The topological polar surface area (TPSA) is 78.9 Å². The van der Waals surface area contributed by atoms with Crippen LogP contribution in [0.1, 0.15) is 133 Å². The molecular weight excluding hydrogens is 564 g/mol. The van der Waals surface area contributed by atoms with Crippen LogP contribution in [0, 0.1) is 56.7 Å². The van der Waals surface area contributed by atoms with Crippen LogP contribution in [0.2, 0.25) is 0 Å². The quantitative estimate of drug-likeness (QED) is 0.232. The molecule has 6 rings (SSSR count). The largest absolute Gasteiger partial charge is 0.460 e. The fraction of sp³-hybridized carbons (Fsp3) is 0.872. The summed E-state index contributed by atoms with van der Waals surface area (Å²) in [6, 6.07) is 0. The van der Waals surface area contributed by atoms with Gasteiger partial charge in [-0.15, -0.1) is 0 Å². The molecule has 0 aromatic rings. The summed E-state index contributed by atoms with van der Waals surface area (Å²) in [7, 11) is 0. The molecule has 5 fully saturated rings. The third-order valence-electron chi connectivity index (χ3n) is 14.9. The lowest BCUT2D eigenvalue weighted by molar-refractivity contribution is -0.207. The summed E-state index contributed by atoms with van der Waals surface area (Å²) in [6.07, 6.45) is 13.7. The van der Waals surface area contributed by atoms with E-state index in [1.807, 2.05) is 6.92 Å². The second-order valence-electron chi connectivity index (χ2n) is 18.3. The number of ether oxygens (including phenoxy) is 3. The number of fused-ring (bicyclic) bond motifs is 7. The normalized spacial score (nSPS) is 46.8. The first kappa shape index (κ1) is 33.2. The van der Waals surface area contributed by atoms with E-state index in [0.29, 0.717) is 36.1 Å². The Bertz CT molecular complexity index is 1250. The van der Waals surface area contributed by atoms with Gasteiger partial charge in [0.05, 0.1) is 12.7 Å². The van der Waals surface area contributed by atoms with Crippen molar-refractivity contribution >= 4 is 17.7 Å². The van der Waals surface area contributed by atoms with Crippen molar-refractivity contribution in [3.05, 3.63) is 11.6 Å². The molecule has 0 N–H and O–H groups in total. The van der Waals surface area contributed by atoms with Gasteiger partial charge in [0.2, 0.25) is 0 Å². The Morgan fingerprint density at radius 1 is 0.867 bits per heavy atom. The molecule has 0 aromatic heterocycles. The Morgan fingerprint density at radius 3 is 2.27 bits per heavy atom. The van der Waals surface area contributed by atoms with Gasteiger partial charge in [0.1, 0.15) is 18.0 Å². The molecule has 0 bridgehead atoms. The van der Waals surface area contributed by atoms with Crippen LogP contribution >= 0.6 is 0 Å². The molecule has 5 aliphatic carbocycles. The van der Waals surface area contributed by atoms with E-state index >= 15 is 0 Å². The van der Waals surface area contributed by atoms with E-state index in [1.165, 1.54) is 52.4 Å². The van der Waals surface area contributed by atoms with Crippen LogP contribution in [0.5, 0.6) is 0 Å². The second-order valence-corrected chi connectivity index (χ2v) is 18.3. The SMILES string of the molecule is CC(=O)OC1C(C)[C@H](OC(C)=O)CO[C@H]1C[C@@]12CCC3C(=CCC4[C@@]3(C)CCC3C(C)(C)C(=O)CC[C@@]34C)C1CC(C)(C)CC2. The lowest BCUT2D eigenvalue weighted by Gasteiger charge is -2.67. The zero-order chi connectivity index (χ0) is 32.7. The molecule has 0 amide bonds. The maximum atomic E-state index is 13.1. The summed E-state index contributed by atoms with van der Waals surface area (Å²) in [6.45, 7) is 19.8. The third-order valence-corrected chi connectivity index (χ3v) is 14.9. The molecule has 0 spiro atoms. The van der Waals surface area contributed by atoms with E-state index in [4.69, 9.17) is 14.2 Å². The number of Topliss-reactive ketones (excluding diaryl/α,β-unsaturated/α-hetero) is 1. The lowest BCUT2D eigenvalue weighted by Crippen LogP contribution is -2.61. The summed E-state index contributed by atoms with van der Waals surface area (Å²) in [4.78, 5) is 37.2. The Balaban J connectivity index is 1.32. The number of esters is 2. The van der Waals surface area contributed by atoms with Crippen molar-refractivity contribution in [2.24, 2.45) is 56.7 Å². The molecule has 1 saturated heterocycles. The molecule has 0 radical (unpaired) electrons. The van der Waals surface area contributed by atoms with Crippen LogP contribution in [0.25, 0.3) is 0 Å². The molecule has 11 atom stereocenters. The minimum atomic E-state index is -0.432. The summed E-state index contributed by atoms with van der Waals surface area (Å²) in [5.41, 5.74) is 2.34. The number of hydrogen-bond acceptors (Lipinski definition) is 6. The molecule has 252 valence electrons. The van der Waals surface area contributed by atoms with Crippen LogP contribution in [0.4, 0.5) is 0 Å². The van der Waals surface area contributed by atoms with E-state index in [-0.39, 0.29) is 51.0 Å². The van der Waals surface area contributed by atoms with E-state index in [1.54, 1.807) is 5.57 Å². The first-order valence-corrected chi connectivity index (χ1v) is 18.1. The average molecular weight is 625 g/mol. The highest BCUT2D eigenvalue weighted by atomic mass is 16.6. The van der Waals surface area contributed by atoms with Gasteiger partial charge < -0.3 is 14.2 Å². The third kappa shape index (κ3) is 5.35. The van der Waals surface area contributed by atoms with Crippen LogP contribution < -0.4 is 0 Å². The minimum Gasteiger partial charge on any atom is -0.460 e. The van der Waals surface area contributed by atoms with Gasteiger partial charge in [-0.1, -0.05) is 60.1 Å². The molecule has 6 aliphatic rings. The van der Waals surface area contributed by atoms with Crippen LogP contribution in [0.15, 0.2) is 11.6 Å². The van der Waals surface area contributed by atoms with Crippen LogP contribution in [-0.4, -0.2) is 42.6 Å². The van der Waals surface area contributed by atoms with E-state index in [9.17, 15) is 14.4 Å². The fourth-order valence-corrected chi connectivity index (χ4v) is 12.5. The van der Waals surface area contributed by atoms with E-state index in [0.717, 1.165) is 32.1 Å². The predicted molar refractivity (Wildman–Crippen MR) is 174 cm³/mol. The van der Waals surface area contributed by atoms with Crippen molar-refractivity contribution in [3.63, 3.8) is 0 Å². The minimum absolute atomic E-state index is 0.110. The van der Waals surface area contributed by atoms with Crippen molar-refractivity contribution in [3.8, 4) is 0 Å². The lowest BCUT2D eigenvalue weighted by atomic mass is 9.37. The maximum Gasteiger partial charge on any atom is 0.303 e. The predicted octanol–water partition coefficient (Wildman–Crippen LogP) is 8.26. The molecule has 4 saturated carbocycles. The molecular formula is C39H60O6. The zero-order valence-electron chi connectivity index (χ0n) is 29.6. The van der Waals surface area contributed by atoms with Crippen molar-refractivity contribution in [2.75, 3.05) is 6.61 Å². The van der Waals surface area contributed by atoms with Crippen molar-refractivity contribution in [1.29, 1.82) is 0 Å². The summed E-state index contributed by atoms with van der Waals surface area (Å²) in [5.74, 6) is 1.87. The number of allylic oxidation sites excluding steroid dienone is 2. The zero-order valence-corrected chi connectivity index (χ0v) is 29.6. The fourth-order valence-electron chi connectivity index (χ4n) is 12.5. The van der Waals surface area contributed by atoms with Gasteiger partial charge >= 0.3 is 11.9 Å². The first-order valence-electron chi connectivity index (χ1n) is 18.1. The highest BCUT2D eigenvalue weighted by molar-refractivity contribution is 5.85. The van der Waals surface area contributed by atoms with Crippen molar-refractivity contribution < 1.29 is 28.6 Å². The number of ketones is 1. The van der Waals surface area contributed by atoms with Gasteiger partial charge in [-0.25, -0.2) is 0 Å². The van der Waals surface area contributed by atoms with Gasteiger partial charge in [-0.05, 0) is 110 Å². The average Bonchev–Trinajstić information content (AvgIpc) is 2.94. The molecule has 0 aromatic carbocycles.